The van der Waals surface area contributed by atoms with Crippen molar-refractivity contribution in [3.05, 3.63) is 68.8 Å². The summed E-state index contributed by atoms with van der Waals surface area (Å²) in [5.41, 5.74) is 3.86. The highest BCUT2D eigenvalue weighted by Crippen LogP contribution is 2.57. The van der Waals surface area contributed by atoms with Crippen molar-refractivity contribution in [2.75, 3.05) is 0 Å². The molecular formula is C30H31Cl3N2O. The summed E-state index contributed by atoms with van der Waals surface area (Å²) in [6.07, 6.45) is 9.86. The summed E-state index contributed by atoms with van der Waals surface area (Å²) >= 11 is 18.9. The molecular weight excluding hydrogens is 511 g/mol. The van der Waals surface area contributed by atoms with Crippen LogP contribution in [0.15, 0.2) is 42.5 Å². The Morgan fingerprint density at radius 1 is 0.917 bits per heavy atom. The number of hydrogen-bond acceptors (Lipinski definition) is 2. The summed E-state index contributed by atoms with van der Waals surface area (Å²) in [6, 6.07) is 12.9. The molecule has 4 bridgehead atoms. The van der Waals surface area contributed by atoms with E-state index in [0.29, 0.717) is 32.9 Å². The summed E-state index contributed by atoms with van der Waals surface area (Å²) in [7, 11) is 0. The average Bonchev–Trinajstić information content (AvgIpc) is 3.17. The molecule has 4 aliphatic carbocycles. The molecule has 4 aliphatic rings. The van der Waals surface area contributed by atoms with E-state index in [-0.39, 0.29) is 5.78 Å². The first-order chi connectivity index (χ1) is 17.4. The Bertz CT molecular complexity index is 1270. The van der Waals surface area contributed by atoms with Gasteiger partial charge in [0.25, 0.3) is 0 Å². The molecule has 3 aromatic rings. The van der Waals surface area contributed by atoms with Crippen molar-refractivity contribution in [1.29, 1.82) is 0 Å². The van der Waals surface area contributed by atoms with Gasteiger partial charge in [-0.3, -0.25) is 4.79 Å². The molecule has 4 saturated carbocycles. The van der Waals surface area contributed by atoms with E-state index in [4.69, 9.17) is 39.9 Å². The second-order valence-electron chi connectivity index (χ2n) is 11.2. The molecule has 7 rings (SSSR count). The third-order valence-corrected chi connectivity index (χ3v) is 9.80. The van der Waals surface area contributed by atoms with Gasteiger partial charge in [0.05, 0.1) is 16.4 Å². The lowest BCUT2D eigenvalue weighted by atomic mass is 9.51. The Morgan fingerprint density at radius 2 is 1.56 bits per heavy atom. The van der Waals surface area contributed by atoms with Gasteiger partial charge in [0.2, 0.25) is 0 Å². The fourth-order valence-corrected chi connectivity index (χ4v) is 8.28. The van der Waals surface area contributed by atoms with Gasteiger partial charge in [0.15, 0.2) is 5.78 Å². The minimum absolute atomic E-state index is 0.107. The summed E-state index contributed by atoms with van der Waals surface area (Å²) in [6.45, 7) is 1.97. The van der Waals surface area contributed by atoms with Crippen molar-refractivity contribution in [1.82, 2.24) is 9.78 Å². The molecule has 0 radical (unpaired) electrons. The first-order valence-corrected chi connectivity index (χ1v) is 14.3. The molecule has 0 N–H and O–H groups in total. The number of Topliss-reactive ketones (excluding diaryl/α,β-unsaturated/α-hetero) is 1. The Hall–Kier alpha value is -1.81. The van der Waals surface area contributed by atoms with Crippen LogP contribution < -0.4 is 0 Å². The molecule has 1 aromatic heterocycles. The van der Waals surface area contributed by atoms with Crippen molar-refractivity contribution in [3.8, 4) is 16.9 Å². The fourth-order valence-electron chi connectivity index (χ4n) is 7.66. The molecule has 0 amide bonds. The van der Waals surface area contributed by atoms with Crippen LogP contribution in [0.2, 0.25) is 15.1 Å². The van der Waals surface area contributed by atoms with Gasteiger partial charge in [-0.25, -0.2) is 4.68 Å². The second kappa shape index (κ2) is 9.82. The lowest BCUT2D eigenvalue weighted by Crippen LogP contribution is -2.45. The predicted octanol–water partition coefficient (Wildman–Crippen LogP) is 9.23. The maximum atomic E-state index is 13.5. The standard InChI is InChI=1S/C30H31Cl3N2O/c1-17-29(28(36)4-2-3-25-21-12-18-11-19(14-21)15-22(25)13-18)34-35(27-10-9-24(32)16-26(27)33)30(17)20-5-7-23(31)8-6-20/h5-10,16,18-19,21-22,25H,2-4,11-15H2,1H3. The summed E-state index contributed by atoms with van der Waals surface area (Å²) in [4.78, 5) is 13.5. The van der Waals surface area contributed by atoms with E-state index >= 15 is 0 Å². The van der Waals surface area contributed by atoms with E-state index in [1.165, 1.54) is 38.5 Å². The van der Waals surface area contributed by atoms with Gasteiger partial charge in [-0.1, -0.05) is 46.9 Å². The molecule has 6 heteroatoms. The van der Waals surface area contributed by atoms with Crippen LogP contribution in [0.5, 0.6) is 0 Å². The number of hydrogen-bond donors (Lipinski definition) is 0. The number of halogens is 3. The summed E-state index contributed by atoms with van der Waals surface area (Å²) < 4.78 is 1.78. The fraction of sp³-hybridized carbons (Fsp3) is 0.467. The highest BCUT2D eigenvalue weighted by Gasteiger charge is 2.47. The third-order valence-electron chi connectivity index (χ3n) is 9.01. The van der Waals surface area contributed by atoms with Crippen LogP contribution in [0.3, 0.4) is 0 Å². The van der Waals surface area contributed by atoms with E-state index in [0.717, 1.165) is 52.8 Å². The van der Waals surface area contributed by atoms with Crippen molar-refractivity contribution >= 4 is 40.6 Å². The van der Waals surface area contributed by atoms with E-state index < -0.39 is 0 Å². The Kier molecular flexibility index (Phi) is 6.69. The Morgan fingerprint density at radius 3 is 2.19 bits per heavy atom. The molecule has 0 unspecified atom stereocenters. The van der Waals surface area contributed by atoms with Crippen LogP contribution in [0.25, 0.3) is 16.9 Å². The van der Waals surface area contributed by atoms with Crippen LogP contribution in [-0.4, -0.2) is 15.6 Å². The van der Waals surface area contributed by atoms with Crippen LogP contribution in [-0.2, 0) is 0 Å². The molecule has 2 aromatic carbocycles. The minimum atomic E-state index is 0.107. The van der Waals surface area contributed by atoms with Crippen molar-refractivity contribution in [2.24, 2.45) is 29.6 Å². The highest BCUT2D eigenvalue weighted by molar-refractivity contribution is 6.35. The molecule has 0 saturated heterocycles. The molecule has 3 nitrogen and oxygen atoms in total. The van der Waals surface area contributed by atoms with Gasteiger partial charge in [0, 0.05) is 27.6 Å². The van der Waals surface area contributed by atoms with Crippen LogP contribution in [0, 0.1) is 36.5 Å². The van der Waals surface area contributed by atoms with Gasteiger partial charge in [-0.2, -0.15) is 5.10 Å². The van der Waals surface area contributed by atoms with Crippen molar-refractivity contribution in [3.63, 3.8) is 0 Å². The largest absolute Gasteiger partial charge is 0.292 e. The SMILES string of the molecule is Cc1c(C(=O)CCCC2C3CC4CC(C3)CC2C4)nn(-c2ccc(Cl)cc2Cl)c1-c1ccc(Cl)cc1. The number of nitrogens with zero attached hydrogens (tertiary/aromatic N) is 2. The topological polar surface area (TPSA) is 34.9 Å². The number of benzene rings is 2. The predicted molar refractivity (Wildman–Crippen MR) is 147 cm³/mol. The summed E-state index contributed by atoms with van der Waals surface area (Å²) in [5, 5.41) is 6.52. The molecule has 1 heterocycles. The van der Waals surface area contributed by atoms with Gasteiger partial charge in [-0.15, -0.1) is 0 Å². The minimum Gasteiger partial charge on any atom is -0.292 e. The lowest BCUT2D eigenvalue weighted by Gasteiger charge is -2.54. The van der Waals surface area contributed by atoms with E-state index in [9.17, 15) is 4.79 Å². The normalized spacial score (nSPS) is 26.5. The second-order valence-corrected chi connectivity index (χ2v) is 12.5. The maximum absolute atomic E-state index is 13.5. The smallest absolute Gasteiger partial charge is 0.183 e. The number of aromatic nitrogens is 2. The van der Waals surface area contributed by atoms with Crippen molar-refractivity contribution in [2.45, 2.75) is 58.3 Å². The maximum Gasteiger partial charge on any atom is 0.183 e. The van der Waals surface area contributed by atoms with E-state index in [1.807, 2.05) is 37.3 Å². The molecule has 188 valence electrons. The molecule has 0 aliphatic heterocycles. The van der Waals surface area contributed by atoms with Gasteiger partial charge in [-0.05, 0) is 112 Å². The first-order valence-electron chi connectivity index (χ1n) is 13.2. The van der Waals surface area contributed by atoms with Gasteiger partial charge >= 0.3 is 0 Å². The first kappa shape index (κ1) is 24.5. The molecule has 36 heavy (non-hydrogen) atoms. The van der Waals surface area contributed by atoms with Crippen LogP contribution in [0.4, 0.5) is 0 Å². The summed E-state index contributed by atoms with van der Waals surface area (Å²) in [5.74, 6) is 4.71. The van der Waals surface area contributed by atoms with E-state index in [2.05, 4.69) is 0 Å². The van der Waals surface area contributed by atoms with Crippen LogP contribution >= 0.6 is 34.8 Å². The van der Waals surface area contributed by atoms with Crippen molar-refractivity contribution < 1.29 is 4.79 Å². The third kappa shape index (κ3) is 4.52. The molecule has 0 atom stereocenters. The van der Waals surface area contributed by atoms with E-state index in [1.54, 1.807) is 16.8 Å². The quantitative estimate of drug-likeness (QED) is 0.279. The molecule has 4 fully saturated rings. The Balaban J connectivity index is 1.25. The molecule has 0 spiro atoms. The highest BCUT2D eigenvalue weighted by atomic mass is 35.5. The number of rotatable bonds is 7. The van der Waals surface area contributed by atoms with Gasteiger partial charge in [0.1, 0.15) is 5.69 Å². The number of carbonyl (C=O) groups is 1. The zero-order chi connectivity index (χ0) is 25.0. The van der Waals surface area contributed by atoms with Gasteiger partial charge < -0.3 is 0 Å². The average molecular weight is 542 g/mol. The zero-order valence-corrected chi connectivity index (χ0v) is 22.8. The monoisotopic (exact) mass is 540 g/mol. The number of ketones is 1. The Labute approximate surface area is 228 Å². The zero-order valence-electron chi connectivity index (χ0n) is 20.5. The number of carbonyl (C=O) groups excluding carboxylic acids is 1. The van der Waals surface area contributed by atoms with Crippen LogP contribution in [0.1, 0.15) is 67.4 Å². The lowest BCUT2D eigenvalue weighted by molar-refractivity contribution is -0.0402.